The summed E-state index contributed by atoms with van der Waals surface area (Å²) in [5.74, 6) is -0.707. The van der Waals surface area contributed by atoms with Crippen LogP contribution in [-0.4, -0.2) is 34.3 Å². The van der Waals surface area contributed by atoms with Gasteiger partial charge in [0.05, 0.1) is 18.0 Å². The Kier molecular flexibility index (Phi) is 3.52. The molecule has 2 N–H and O–H groups in total. The van der Waals surface area contributed by atoms with E-state index in [4.69, 9.17) is 9.47 Å². The van der Waals surface area contributed by atoms with Gasteiger partial charge in [-0.25, -0.2) is 0 Å². The topological polar surface area (TPSA) is 62.2 Å². The number of rotatable bonds is 0. The van der Waals surface area contributed by atoms with Crippen LogP contribution in [0.2, 0.25) is 0 Å². The van der Waals surface area contributed by atoms with Crippen molar-refractivity contribution in [3.63, 3.8) is 0 Å². The molecule has 2 saturated heterocycles. The van der Waals surface area contributed by atoms with Gasteiger partial charge in [0, 0.05) is 17.9 Å². The van der Waals surface area contributed by atoms with Gasteiger partial charge in [-0.1, -0.05) is 25.5 Å². The molecule has 0 radical (unpaired) electrons. The minimum atomic E-state index is -1.46. The lowest BCUT2D eigenvalue weighted by atomic mass is 9.58. The van der Waals surface area contributed by atoms with Crippen LogP contribution in [-0.2, 0) is 9.47 Å². The van der Waals surface area contributed by atoms with Gasteiger partial charge >= 0.3 is 0 Å². The highest BCUT2D eigenvalue weighted by Crippen LogP contribution is 2.61. The molecule has 4 bridgehead atoms. The standard InChI is InChI=1S/C20H30O4/c1-12-6-5-8-19(4)17(24-19)20(22)16-14(11-23-20)18(3,9-7-12)13(2)10-15(16)21/h6,13-14,17,21-22H,5,7-11H2,1-4H3/b12-6-/t13-,14+,17-,18-,19+,20+/m1/s1. The van der Waals surface area contributed by atoms with E-state index in [0.29, 0.717) is 30.3 Å². The lowest BCUT2D eigenvalue weighted by Crippen LogP contribution is -2.46. The molecule has 24 heavy (non-hydrogen) atoms. The van der Waals surface area contributed by atoms with Crippen LogP contribution in [0, 0.1) is 17.3 Å². The number of allylic oxidation sites excluding steroid dienone is 3. The molecule has 134 valence electrons. The third-order valence-electron chi connectivity index (χ3n) is 7.37. The smallest absolute Gasteiger partial charge is 0.222 e. The highest BCUT2D eigenvalue weighted by Gasteiger charge is 2.70. The Bertz CT molecular complexity index is 623. The van der Waals surface area contributed by atoms with Gasteiger partial charge in [0.15, 0.2) is 0 Å². The number of aliphatic hydroxyl groups is 2. The average molecular weight is 334 g/mol. The number of ether oxygens (including phenoxy) is 2. The number of epoxide rings is 1. The number of fused-ring (bicyclic) bond motifs is 2. The van der Waals surface area contributed by atoms with E-state index in [-0.39, 0.29) is 23.0 Å². The largest absolute Gasteiger partial charge is 0.512 e. The van der Waals surface area contributed by atoms with Crippen molar-refractivity contribution in [2.24, 2.45) is 17.3 Å². The first-order valence-corrected chi connectivity index (χ1v) is 9.33. The van der Waals surface area contributed by atoms with E-state index in [9.17, 15) is 10.2 Å². The van der Waals surface area contributed by atoms with Crippen LogP contribution >= 0.6 is 0 Å². The number of aliphatic hydroxyl groups excluding tert-OH is 1. The minimum Gasteiger partial charge on any atom is -0.512 e. The monoisotopic (exact) mass is 334 g/mol. The summed E-state index contributed by atoms with van der Waals surface area (Å²) in [6.45, 7) is 9.24. The number of hydrogen-bond acceptors (Lipinski definition) is 4. The van der Waals surface area contributed by atoms with E-state index in [0.717, 1.165) is 25.7 Å². The van der Waals surface area contributed by atoms with E-state index >= 15 is 0 Å². The van der Waals surface area contributed by atoms with Crippen molar-refractivity contribution in [2.75, 3.05) is 6.61 Å². The summed E-state index contributed by atoms with van der Waals surface area (Å²) in [5.41, 5.74) is 1.79. The predicted octanol–water partition coefficient (Wildman–Crippen LogP) is 3.86. The Balaban J connectivity index is 1.81. The molecule has 4 rings (SSSR count). The molecule has 0 aromatic carbocycles. The second kappa shape index (κ2) is 5.09. The van der Waals surface area contributed by atoms with E-state index in [1.807, 2.05) is 6.92 Å². The third kappa shape index (κ3) is 2.16. The summed E-state index contributed by atoms with van der Waals surface area (Å²) in [6.07, 6.45) is 6.50. The molecule has 2 aliphatic carbocycles. The molecule has 2 fully saturated rings. The van der Waals surface area contributed by atoms with Crippen molar-refractivity contribution in [1.29, 1.82) is 0 Å². The lowest BCUT2D eigenvalue weighted by Gasteiger charge is -2.45. The molecule has 2 heterocycles. The molecule has 0 aromatic rings. The molecule has 0 spiro atoms. The fourth-order valence-electron chi connectivity index (χ4n) is 5.26. The molecule has 0 aromatic heterocycles. The summed E-state index contributed by atoms with van der Waals surface area (Å²) < 4.78 is 11.9. The van der Waals surface area contributed by atoms with Gasteiger partial charge < -0.3 is 19.7 Å². The van der Waals surface area contributed by atoms with Gasteiger partial charge in [0.25, 0.3) is 0 Å². The third-order valence-corrected chi connectivity index (χ3v) is 7.37. The minimum absolute atomic E-state index is 0.0195. The second-order valence-electron chi connectivity index (χ2n) is 8.93. The molecule has 0 saturated carbocycles. The highest BCUT2D eigenvalue weighted by atomic mass is 16.7. The van der Waals surface area contributed by atoms with E-state index in [1.54, 1.807) is 0 Å². The fraction of sp³-hybridized carbons (Fsp3) is 0.800. The van der Waals surface area contributed by atoms with Crippen molar-refractivity contribution in [3.8, 4) is 0 Å². The van der Waals surface area contributed by atoms with Gasteiger partial charge in [0.2, 0.25) is 5.79 Å². The SMILES string of the molecule is C/C1=C/CC[C@]2(C)O[C@H]2[C@@]2(O)OC[C@H]3C2=C(O)C[C@@H](C)[C@@]3(C)CC1. The number of hydrogen-bond donors (Lipinski definition) is 2. The molecule has 2 aliphatic heterocycles. The summed E-state index contributed by atoms with van der Waals surface area (Å²) in [5, 5.41) is 22.0. The molecule has 0 amide bonds. The maximum Gasteiger partial charge on any atom is 0.222 e. The first-order chi connectivity index (χ1) is 11.2. The van der Waals surface area contributed by atoms with Gasteiger partial charge in [-0.3, -0.25) is 0 Å². The Labute approximate surface area is 144 Å². The van der Waals surface area contributed by atoms with Gasteiger partial charge in [-0.05, 0) is 50.9 Å². The summed E-state index contributed by atoms with van der Waals surface area (Å²) in [4.78, 5) is 0. The summed E-state index contributed by atoms with van der Waals surface area (Å²) in [7, 11) is 0. The Hall–Kier alpha value is -0.840. The van der Waals surface area contributed by atoms with Crippen molar-refractivity contribution in [2.45, 2.75) is 77.3 Å². The Morgan fingerprint density at radius 2 is 2.00 bits per heavy atom. The van der Waals surface area contributed by atoms with Crippen molar-refractivity contribution >= 4 is 0 Å². The maximum absolute atomic E-state index is 11.3. The average Bonchev–Trinajstić information content (AvgIpc) is 3.05. The quantitative estimate of drug-likeness (QED) is 0.522. The van der Waals surface area contributed by atoms with Gasteiger partial charge in [-0.2, -0.15) is 0 Å². The van der Waals surface area contributed by atoms with Crippen LogP contribution in [0.5, 0.6) is 0 Å². The van der Waals surface area contributed by atoms with Crippen LogP contribution in [0.25, 0.3) is 0 Å². The normalized spacial score (nSPS) is 53.5. The van der Waals surface area contributed by atoms with Crippen LogP contribution in [0.4, 0.5) is 0 Å². The molecule has 4 aliphatic rings. The lowest BCUT2D eigenvalue weighted by molar-refractivity contribution is -0.163. The summed E-state index contributed by atoms with van der Waals surface area (Å²) >= 11 is 0. The molecule has 4 nitrogen and oxygen atoms in total. The predicted molar refractivity (Wildman–Crippen MR) is 91.4 cm³/mol. The van der Waals surface area contributed by atoms with Crippen molar-refractivity contribution < 1.29 is 19.7 Å². The first kappa shape index (κ1) is 16.6. The maximum atomic E-state index is 11.3. The van der Waals surface area contributed by atoms with Crippen molar-refractivity contribution in [3.05, 3.63) is 23.0 Å². The van der Waals surface area contributed by atoms with Crippen LogP contribution < -0.4 is 0 Å². The Morgan fingerprint density at radius 3 is 2.75 bits per heavy atom. The fourth-order valence-corrected chi connectivity index (χ4v) is 5.26. The summed E-state index contributed by atoms with van der Waals surface area (Å²) in [6, 6.07) is 0. The van der Waals surface area contributed by atoms with E-state index in [1.165, 1.54) is 5.57 Å². The Morgan fingerprint density at radius 1 is 1.25 bits per heavy atom. The second-order valence-corrected chi connectivity index (χ2v) is 8.93. The molecule has 4 heteroatoms. The van der Waals surface area contributed by atoms with E-state index in [2.05, 4.69) is 26.8 Å². The van der Waals surface area contributed by atoms with Gasteiger partial charge in [-0.15, -0.1) is 0 Å². The van der Waals surface area contributed by atoms with Crippen LogP contribution in [0.3, 0.4) is 0 Å². The zero-order valence-electron chi connectivity index (χ0n) is 15.3. The van der Waals surface area contributed by atoms with E-state index < -0.39 is 5.79 Å². The first-order valence-electron chi connectivity index (χ1n) is 9.33. The molecule has 6 atom stereocenters. The van der Waals surface area contributed by atoms with Crippen molar-refractivity contribution in [1.82, 2.24) is 0 Å². The molecule has 0 unspecified atom stereocenters. The zero-order chi connectivity index (χ0) is 17.3. The van der Waals surface area contributed by atoms with Crippen LogP contribution in [0.15, 0.2) is 23.0 Å². The molecular weight excluding hydrogens is 304 g/mol. The van der Waals surface area contributed by atoms with Gasteiger partial charge in [0.1, 0.15) is 6.10 Å². The van der Waals surface area contributed by atoms with Crippen LogP contribution in [0.1, 0.15) is 59.8 Å². The zero-order valence-corrected chi connectivity index (χ0v) is 15.3. The molecular formula is C20H30O4. The highest BCUT2D eigenvalue weighted by molar-refractivity contribution is 5.35.